The van der Waals surface area contributed by atoms with E-state index >= 15 is 0 Å². The van der Waals surface area contributed by atoms with E-state index in [1.807, 2.05) is 6.07 Å². The third kappa shape index (κ3) is 3.07. The molecule has 1 aliphatic carbocycles. The first-order chi connectivity index (χ1) is 12.2. The Labute approximate surface area is 147 Å². The average Bonchev–Trinajstić information content (AvgIpc) is 3.19. The van der Waals surface area contributed by atoms with Crippen LogP contribution in [0.4, 0.5) is 4.39 Å². The molecule has 5 heteroatoms. The van der Waals surface area contributed by atoms with Crippen molar-refractivity contribution in [3.8, 4) is 6.07 Å². The SMILES string of the molecule is Cc1nc2c(n1C1CCN(Cc3ccc(F)c(C#N)c3)C1)CCCC2. The van der Waals surface area contributed by atoms with Gasteiger partial charge in [-0.2, -0.15) is 5.26 Å². The molecule has 1 aromatic heterocycles. The van der Waals surface area contributed by atoms with E-state index in [-0.39, 0.29) is 5.56 Å². The lowest BCUT2D eigenvalue weighted by molar-refractivity contribution is 0.314. The van der Waals surface area contributed by atoms with E-state index in [9.17, 15) is 4.39 Å². The van der Waals surface area contributed by atoms with Gasteiger partial charge in [-0.15, -0.1) is 0 Å². The molecular formula is C20H23FN4. The van der Waals surface area contributed by atoms with E-state index < -0.39 is 5.82 Å². The monoisotopic (exact) mass is 338 g/mol. The van der Waals surface area contributed by atoms with Gasteiger partial charge in [0.05, 0.1) is 11.3 Å². The number of hydrogen-bond acceptors (Lipinski definition) is 3. The summed E-state index contributed by atoms with van der Waals surface area (Å²) < 4.78 is 16.0. The molecular weight excluding hydrogens is 315 g/mol. The fourth-order valence-electron chi connectivity index (χ4n) is 4.36. The smallest absolute Gasteiger partial charge is 0.140 e. The maximum absolute atomic E-state index is 13.5. The van der Waals surface area contributed by atoms with Gasteiger partial charge in [-0.1, -0.05) is 6.07 Å². The summed E-state index contributed by atoms with van der Waals surface area (Å²) >= 11 is 0. The van der Waals surface area contributed by atoms with E-state index in [2.05, 4.69) is 16.4 Å². The highest BCUT2D eigenvalue weighted by atomic mass is 19.1. The number of fused-ring (bicyclic) bond motifs is 1. The summed E-state index contributed by atoms with van der Waals surface area (Å²) in [6.07, 6.45) is 5.91. The Morgan fingerprint density at radius 3 is 3.00 bits per heavy atom. The molecule has 1 aliphatic heterocycles. The van der Waals surface area contributed by atoms with Crippen LogP contribution in [-0.2, 0) is 19.4 Å². The van der Waals surface area contributed by atoms with Crippen molar-refractivity contribution >= 4 is 0 Å². The predicted molar refractivity (Wildman–Crippen MR) is 93.7 cm³/mol. The van der Waals surface area contributed by atoms with E-state index in [1.54, 1.807) is 12.1 Å². The summed E-state index contributed by atoms with van der Waals surface area (Å²) in [5, 5.41) is 9.00. The topological polar surface area (TPSA) is 44.9 Å². The molecule has 0 amide bonds. The summed E-state index contributed by atoms with van der Waals surface area (Å²) in [4.78, 5) is 7.20. The third-order valence-corrected chi connectivity index (χ3v) is 5.52. The first kappa shape index (κ1) is 16.3. The Balaban J connectivity index is 1.49. The Bertz CT molecular complexity index is 833. The van der Waals surface area contributed by atoms with Crippen molar-refractivity contribution in [2.24, 2.45) is 0 Å². The number of hydrogen-bond donors (Lipinski definition) is 0. The zero-order chi connectivity index (χ0) is 17.4. The minimum atomic E-state index is -0.439. The van der Waals surface area contributed by atoms with Gasteiger partial charge in [0.1, 0.15) is 17.7 Å². The minimum absolute atomic E-state index is 0.132. The highest BCUT2D eigenvalue weighted by Crippen LogP contribution is 2.30. The van der Waals surface area contributed by atoms with Gasteiger partial charge >= 0.3 is 0 Å². The molecule has 25 heavy (non-hydrogen) atoms. The van der Waals surface area contributed by atoms with Crippen LogP contribution in [0, 0.1) is 24.1 Å². The number of imidazole rings is 1. The van der Waals surface area contributed by atoms with Gasteiger partial charge in [-0.05, 0) is 56.7 Å². The molecule has 4 nitrogen and oxygen atoms in total. The molecule has 1 fully saturated rings. The number of aryl methyl sites for hydroxylation is 2. The van der Waals surface area contributed by atoms with Gasteiger partial charge in [0.2, 0.25) is 0 Å². The molecule has 0 saturated carbocycles. The molecule has 4 rings (SSSR count). The van der Waals surface area contributed by atoms with Crippen LogP contribution in [0.5, 0.6) is 0 Å². The number of nitriles is 1. The maximum Gasteiger partial charge on any atom is 0.140 e. The van der Waals surface area contributed by atoms with Crippen LogP contribution in [0.15, 0.2) is 18.2 Å². The zero-order valence-electron chi connectivity index (χ0n) is 14.6. The van der Waals surface area contributed by atoms with Crippen molar-refractivity contribution < 1.29 is 4.39 Å². The van der Waals surface area contributed by atoms with Crippen molar-refractivity contribution in [1.82, 2.24) is 14.5 Å². The highest BCUT2D eigenvalue weighted by Gasteiger charge is 2.29. The summed E-state index contributed by atoms with van der Waals surface area (Å²) in [7, 11) is 0. The lowest BCUT2D eigenvalue weighted by atomic mass is 10.0. The van der Waals surface area contributed by atoms with Crippen LogP contribution < -0.4 is 0 Å². The van der Waals surface area contributed by atoms with E-state index in [4.69, 9.17) is 10.2 Å². The van der Waals surface area contributed by atoms with Gasteiger partial charge in [0.15, 0.2) is 0 Å². The molecule has 2 aliphatic rings. The van der Waals surface area contributed by atoms with Gasteiger partial charge in [0, 0.05) is 31.4 Å². The minimum Gasteiger partial charge on any atom is -0.328 e. The van der Waals surface area contributed by atoms with Crippen LogP contribution >= 0.6 is 0 Å². The van der Waals surface area contributed by atoms with E-state index in [0.717, 1.165) is 50.3 Å². The standard InChI is InChI=1S/C20H23FN4/c1-14-23-19-4-2-3-5-20(19)25(14)17-8-9-24(13-17)12-15-6-7-18(21)16(10-15)11-22/h6-7,10,17H,2-5,8-9,12-13H2,1H3. The molecule has 2 heterocycles. The molecule has 1 saturated heterocycles. The number of halogens is 1. The summed E-state index contributed by atoms with van der Waals surface area (Å²) in [5.74, 6) is 0.707. The second-order valence-corrected chi connectivity index (χ2v) is 7.23. The Morgan fingerprint density at radius 1 is 1.32 bits per heavy atom. The summed E-state index contributed by atoms with van der Waals surface area (Å²) in [6.45, 7) is 4.90. The van der Waals surface area contributed by atoms with Crippen LogP contribution in [0.2, 0.25) is 0 Å². The van der Waals surface area contributed by atoms with Gasteiger partial charge in [-0.25, -0.2) is 9.37 Å². The Morgan fingerprint density at radius 2 is 2.16 bits per heavy atom. The average molecular weight is 338 g/mol. The van der Waals surface area contributed by atoms with E-state index in [0.29, 0.717) is 6.04 Å². The lowest BCUT2D eigenvalue weighted by Crippen LogP contribution is -2.22. The molecule has 130 valence electrons. The second-order valence-electron chi connectivity index (χ2n) is 7.23. The van der Waals surface area contributed by atoms with Crippen molar-refractivity contribution in [3.05, 3.63) is 52.4 Å². The van der Waals surface area contributed by atoms with Crippen molar-refractivity contribution in [3.63, 3.8) is 0 Å². The van der Waals surface area contributed by atoms with Gasteiger partial charge in [-0.3, -0.25) is 4.90 Å². The van der Waals surface area contributed by atoms with Crippen LogP contribution in [0.3, 0.4) is 0 Å². The normalized spacial score (nSPS) is 20.4. The second kappa shape index (κ2) is 6.61. The molecule has 2 aromatic rings. The van der Waals surface area contributed by atoms with Crippen LogP contribution in [0.1, 0.15) is 53.6 Å². The van der Waals surface area contributed by atoms with Gasteiger partial charge in [0.25, 0.3) is 0 Å². The van der Waals surface area contributed by atoms with Crippen molar-refractivity contribution in [2.45, 2.75) is 51.6 Å². The van der Waals surface area contributed by atoms with Gasteiger partial charge < -0.3 is 4.57 Å². The van der Waals surface area contributed by atoms with Crippen LogP contribution in [-0.4, -0.2) is 27.5 Å². The fraction of sp³-hybridized carbons (Fsp3) is 0.500. The van der Waals surface area contributed by atoms with E-state index in [1.165, 1.54) is 30.3 Å². The van der Waals surface area contributed by atoms with Crippen molar-refractivity contribution in [2.75, 3.05) is 13.1 Å². The first-order valence-electron chi connectivity index (χ1n) is 9.13. The maximum atomic E-state index is 13.5. The number of nitrogens with zero attached hydrogens (tertiary/aromatic N) is 4. The summed E-state index contributed by atoms with van der Waals surface area (Å²) in [6, 6.07) is 7.26. The van der Waals surface area contributed by atoms with Crippen molar-refractivity contribution in [1.29, 1.82) is 5.26 Å². The molecule has 0 bridgehead atoms. The Hall–Kier alpha value is -2.19. The highest BCUT2D eigenvalue weighted by molar-refractivity contribution is 5.34. The largest absolute Gasteiger partial charge is 0.328 e. The summed E-state index contributed by atoms with van der Waals surface area (Å²) in [5.41, 5.74) is 3.89. The fourth-order valence-corrected chi connectivity index (χ4v) is 4.36. The third-order valence-electron chi connectivity index (χ3n) is 5.52. The number of benzene rings is 1. The predicted octanol–water partition coefficient (Wildman–Crippen LogP) is 3.53. The molecule has 1 unspecified atom stereocenters. The quantitative estimate of drug-likeness (QED) is 0.860. The Kier molecular flexibility index (Phi) is 4.30. The number of rotatable bonds is 3. The number of aromatic nitrogens is 2. The molecule has 0 N–H and O–H groups in total. The first-order valence-corrected chi connectivity index (χ1v) is 9.13. The zero-order valence-corrected chi connectivity index (χ0v) is 14.6. The molecule has 1 atom stereocenters. The molecule has 1 aromatic carbocycles. The van der Waals surface area contributed by atoms with Crippen LogP contribution in [0.25, 0.3) is 0 Å². The molecule has 0 radical (unpaired) electrons. The molecule has 0 spiro atoms. The number of likely N-dealkylation sites (tertiary alicyclic amines) is 1. The lowest BCUT2D eigenvalue weighted by Gasteiger charge is -2.21.